The van der Waals surface area contributed by atoms with Crippen molar-refractivity contribution in [3.63, 3.8) is 0 Å². The molecule has 0 aliphatic carbocycles. The number of carbonyl (C=O) groups is 2. The summed E-state index contributed by atoms with van der Waals surface area (Å²) in [6.07, 6.45) is -5.20. The number of likely N-dealkylation sites (N-methyl/N-ethyl adjacent to an activating group) is 1. The van der Waals surface area contributed by atoms with Gasteiger partial charge >= 0.3 is 6.36 Å². The van der Waals surface area contributed by atoms with E-state index in [2.05, 4.69) is 25.2 Å². The first-order chi connectivity index (χ1) is 17.6. The van der Waals surface area contributed by atoms with Gasteiger partial charge in [-0.3, -0.25) is 14.5 Å². The van der Waals surface area contributed by atoms with Crippen LogP contribution in [0.3, 0.4) is 0 Å². The van der Waals surface area contributed by atoms with Gasteiger partial charge in [0.15, 0.2) is 16.5 Å². The fourth-order valence-corrected chi connectivity index (χ4v) is 4.59. The Morgan fingerprint density at radius 2 is 1.81 bits per heavy atom. The highest BCUT2D eigenvalue weighted by atomic mass is 32.1. The molecule has 4 rings (SSSR count). The van der Waals surface area contributed by atoms with Crippen LogP contribution in [0.15, 0.2) is 42.5 Å². The molecule has 0 spiro atoms. The van der Waals surface area contributed by atoms with E-state index in [1.165, 1.54) is 24.3 Å². The highest BCUT2D eigenvalue weighted by Gasteiger charge is 2.33. The van der Waals surface area contributed by atoms with Gasteiger partial charge in [0.05, 0.1) is 18.7 Å². The molecule has 0 bridgehead atoms. The van der Waals surface area contributed by atoms with Gasteiger partial charge in [0.1, 0.15) is 10.8 Å². The highest BCUT2D eigenvalue weighted by molar-refractivity contribution is 7.14. The second-order valence-electron chi connectivity index (χ2n) is 8.47. The van der Waals surface area contributed by atoms with Gasteiger partial charge in [-0.25, -0.2) is 4.39 Å². The molecule has 1 fully saturated rings. The average Bonchev–Trinajstić information content (AvgIpc) is 3.29. The molecule has 1 amide bonds. The average molecular weight is 538 g/mol. The van der Waals surface area contributed by atoms with E-state index >= 15 is 0 Å². The molecule has 0 saturated carbocycles. The van der Waals surface area contributed by atoms with Crippen LogP contribution in [0.4, 0.5) is 23.2 Å². The first-order valence-electron chi connectivity index (χ1n) is 11.3. The van der Waals surface area contributed by atoms with Crippen molar-refractivity contribution in [1.29, 1.82) is 0 Å². The summed E-state index contributed by atoms with van der Waals surface area (Å²) in [4.78, 5) is 29.5. The number of hydrogen-bond donors (Lipinski definition) is 1. The summed E-state index contributed by atoms with van der Waals surface area (Å²) >= 11 is 1.03. The lowest BCUT2D eigenvalue weighted by molar-refractivity contribution is -0.274. The molecule has 2 heterocycles. The van der Waals surface area contributed by atoms with E-state index in [4.69, 9.17) is 0 Å². The van der Waals surface area contributed by atoms with Crippen LogP contribution >= 0.6 is 11.3 Å². The van der Waals surface area contributed by atoms with Gasteiger partial charge in [0.2, 0.25) is 5.91 Å². The second-order valence-corrected chi connectivity index (χ2v) is 9.53. The maximum atomic E-state index is 14.0. The number of ether oxygens (including phenoxy) is 1. The molecule has 1 aromatic heterocycles. The summed E-state index contributed by atoms with van der Waals surface area (Å²) in [5.41, 5.74) is 0.0244. The minimum atomic E-state index is -4.99. The first kappa shape index (κ1) is 26.6. The minimum Gasteiger partial charge on any atom is -0.404 e. The lowest BCUT2D eigenvalue weighted by Crippen LogP contribution is -2.47. The summed E-state index contributed by atoms with van der Waals surface area (Å²) in [5.74, 6) is -2.11. The summed E-state index contributed by atoms with van der Waals surface area (Å²) < 4.78 is 56.9. The molecule has 0 atom stereocenters. The first-order valence-corrected chi connectivity index (χ1v) is 12.1. The predicted molar refractivity (Wildman–Crippen MR) is 129 cm³/mol. The van der Waals surface area contributed by atoms with Crippen LogP contribution in [-0.2, 0) is 11.2 Å². The summed E-state index contributed by atoms with van der Waals surface area (Å²) in [6, 6.07) is 9.32. The number of hydrogen-bond acceptors (Lipinski definition) is 8. The van der Waals surface area contributed by atoms with Crippen molar-refractivity contribution in [3.8, 4) is 16.3 Å². The quantitative estimate of drug-likeness (QED) is 0.345. The van der Waals surface area contributed by atoms with Crippen LogP contribution in [0.2, 0.25) is 0 Å². The topological polar surface area (TPSA) is 87.7 Å². The smallest absolute Gasteiger partial charge is 0.404 e. The van der Waals surface area contributed by atoms with Crippen LogP contribution in [0.25, 0.3) is 10.6 Å². The number of ketones is 1. The van der Waals surface area contributed by atoms with Crippen LogP contribution in [-0.4, -0.2) is 77.8 Å². The Balaban J connectivity index is 1.49. The monoisotopic (exact) mass is 537 g/mol. The van der Waals surface area contributed by atoms with Crippen LogP contribution in [0.5, 0.6) is 5.75 Å². The summed E-state index contributed by atoms with van der Waals surface area (Å²) in [5, 5.41) is 10.9. The summed E-state index contributed by atoms with van der Waals surface area (Å²) in [6.45, 7) is 2.81. The van der Waals surface area contributed by atoms with Crippen molar-refractivity contribution in [3.05, 3.63) is 58.9 Å². The predicted octanol–water partition coefficient (Wildman–Crippen LogP) is 3.85. The van der Waals surface area contributed by atoms with E-state index in [1.807, 2.05) is 11.9 Å². The van der Waals surface area contributed by atoms with E-state index in [0.29, 0.717) is 23.1 Å². The van der Waals surface area contributed by atoms with E-state index in [9.17, 15) is 27.2 Å². The van der Waals surface area contributed by atoms with E-state index in [-0.39, 0.29) is 29.8 Å². The zero-order valence-corrected chi connectivity index (χ0v) is 20.5. The standard InChI is InChI=1S/C24H23F4N5O3S/c1-32-8-10-33(11-9-32)14-21(35)29-18-12-15(6-7-20(18)36-24(26,27)28)19(34)13-22-30-31-23(37-22)16-4-2-3-5-17(16)25/h2-7,12H,8-11,13-14H2,1H3,(H,29,35). The third-order valence-corrected chi connectivity index (χ3v) is 6.60. The number of anilines is 1. The molecule has 3 aromatic rings. The lowest BCUT2D eigenvalue weighted by Gasteiger charge is -2.31. The third-order valence-electron chi connectivity index (χ3n) is 5.65. The molecule has 1 saturated heterocycles. The van der Waals surface area contributed by atoms with Crippen molar-refractivity contribution in [1.82, 2.24) is 20.0 Å². The number of benzene rings is 2. The Bertz CT molecular complexity index is 1280. The molecule has 13 heteroatoms. The number of aromatic nitrogens is 2. The minimum absolute atomic E-state index is 0.0128. The SMILES string of the molecule is CN1CCN(CC(=O)Nc2cc(C(=O)Cc3nnc(-c4ccccc4F)s3)ccc2OC(F)(F)F)CC1. The molecule has 0 unspecified atom stereocenters. The van der Waals surface area contributed by atoms with Gasteiger partial charge in [0, 0.05) is 37.3 Å². The van der Waals surface area contributed by atoms with Crippen LogP contribution < -0.4 is 10.1 Å². The van der Waals surface area contributed by atoms with Crippen molar-refractivity contribution >= 4 is 28.7 Å². The number of alkyl halides is 3. The fourth-order valence-electron chi connectivity index (χ4n) is 3.72. The Kier molecular flexibility index (Phi) is 8.15. The Hall–Kier alpha value is -3.42. The number of halogens is 4. The second kappa shape index (κ2) is 11.3. The number of piperazine rings is 1. The number of Topliss-reactive ketones (excluding diaryl/α,β-unsaturated/α-hetero) is 1. The van der Waals surface area contributed by atoms with Crippen LogP contribution in [0, 0.1) is 5.82 Å². The molecule has 2 aromatic carbocycles. The molecule has 1 aliphatic heterocycles. The maximum absolute atomic E-state index is 14.0. The van der Waals surface area contributed by atoms with Crippen molar-refractivity contribution < 1.29 is 31.9 Å². The van der Waals surface area contributed by atoms with Crippen molar-refractivity contribution in [2.45, 2.75) is 12.8 Å². The van der Waals surface area contributed by atoms with Gasteiger partial charge < -0.3 is 15.0 Å². The zero-order valence-electron chi connectivity index (χ0n) is 19.7. The third kappa shape index (κ3) is 7.31. The Labute approximate surface area is 213 Å². The van der Waals surface area contributed by atoms with Gasteiger partial charge in [-0.1, -0.05) is 23.5 Å². The van der Waals surface area contributed by atoms with E-state index < -0.39 is 29.6 Å². The lowest BCUT2D eigenvalue weighted by atomic mass is 10.1. The van der Waals surface area contributed by atoms with Gasteiger partial charge in [-0.05, 0) is 37.4 Å². The molecule has 0 radical (unpaired) electrons. The normalized spacial score (nSPS) is 14.9. The zero-order chi connectivity index (χ0) is 26.6. The molecular formula is C24H23F4N5O3S. The van der Waals surface area contributed by atoms with Crippen LogP contribution in [0.1, 0.15) is 15.4 Å². The number of nitrogens with one attached hydrogen (secondary N) is 1. The van der Waals surface area contributed by atoms with E-state index in [0.717, 1.165) is 36.6 Å². The molecule has 196 valence electrons. The molecule has 37 heavy (non-hydrogen) atoms. The van der Waals surface area contributed by atoms with Gasteiger partial charge in [-0.15, -0.1) is 23.4 Å². The number of carbonyl (C=O) groups excluding carboxylic acids is 2. The van der Waals surface area contributed by atoms with Gasteiger partial charge in [-0.2, -0.15) is 0 Å². The number of amides is 1. The Morgan fingerprint density at radius 3 is 2.51 bits per heavy atom. The van der Waals surface area contributed by atoms with Crippen molar-refractivity contribution in [2.75, 3.05) is 45.1 Å². The highest BCUT2D eigenvalue weighted by Crippen LogP contribution is 2.32. The number of rotatable bonds is 8. The maximum Gasteiger partial charge on any atom is 0.573 e. The number of nitrogens with zero attached hydrogens (tertiary/aromatic N) is 4. The summed E-state index contributed by atoms with van der Waals surface area (Å²) in [7, 11) is 1.96. The van der Waals surface area contributed by atoms with Gasteiger partial charge in [0.25, 0.3) is 0 Å². The molecule has 1 N–H and O–H groups in total. The van der Waals surface area contributed by atoms with E-state index in [1.54, 1.807) is 6.07 Å². The Morgan fingerprint density at radius 1 is 1.08 bits per heavy atom. The fraction of sp³-hybridized carbons (Fsp3) is 0.333. The largest absolute Gasteiger partial charge is 0.573 e. The molecule has 1 aliphatic rings. The molecular weight excluding hydrogens is 514 g/mol. The van der Waals surface area contributed by atoms with Crippen molar-refractivity contribution in [2.24, 2.45) is 0 Å². The molecule has 8 nitrogen and oxygen atoms in total.